The minimum absolute atomic E-state index is 0.0382. The van der Waals surface area contributed by atoms with Crippen LogP contribution in [0.1, 0.15) is 28.9 Å². The van der Waals surface area contributed by atoms with E-state index in [1.54, 1.807) is 30.7 Å². The standard InChI is InChI=1S/C23H23ClN4O2/c24-20-15-26-18(12-22(29)17-3-2-8-25-14-17)11-19(20)21-4-1-5-23(28-21)27-13-16-6-9-30-10-7-16/h1-5,8,11,14-16H,6-7,9-10,12-13H2,(H,27,28). The van der Waals surface area contributed by atoms with Crippen molar-refractivity contribution in [2.75, 3.05) is 25.1 Å². The summed E-state index contributed by atoms with van der Waals surface area (Å²) in [7, 11) is 0. The fourth-order valence-corrected chi connectivity index (χ4v) is 3.65. The Bertz CT molecular complexity index is 1010. The number of carbonyl (C=O) groups excluding carboxylic acids is 1. The van der Waals surface area contributed by atoms with Crippen LogP contribution in [0.25, 0.3) is 11.3 Å². The minimum atomic E-state index is -0.0382. The molecule has 0 radical (unpaired) electrons. The number of hydrogen-bond acceptors (Lipinski definition) is 6. The maximum absolute atomic E-state index is 12.5. The molecule has 1 aliphatic rings. The number of pyridine rings is 3. The summed E-state index contributed by atoms with van der Waals surface area (Å²) >= 11 is 6.40. The lowest BCUT2D eigenvalue weighted by Crippen LogP contribution is -2.22. The molecule has 3 aromatic heterocycles. The molecule has 0 atom stereocenters. The Morgan fingerprint density at radius 2 is 2.03 bits per heavy atom. The summed E-state index contributed by atoms with van der Waals surface area (Å²) in [5, 5.41) is 3.93. The molecule has 0 bridgehead atoms. The first-order valence-corrected chi connectivity index (χ1v) is 10.4. The van der Waals surface area contributed by atoms with E-state index in [1.165, 1.54) is 0 Å². The Kier molecular flexibility index (Phi) is 6.67. The van der Waals surface area contributed by atoms with E-state index in [0.717, 1.165) is 49.7 Å². The van der Waals surface area contributed by atoms with Gasteiger partial charge in [0.25, 0.3) is 0 Å². The normalized spacial score (nSPS) is 14.4. The summed E-state index contributed by atoms with van der Waals surface area (Å²) < 4.78 is 5.42. The van der Waals surface area contributed by atoms with Crippen LogP contribution in [-0.2, 0) is 11.2 Å². The summed E-state index contributed by atoms with van der Waals surface area (Å²) in [5.74, 6) is 1.36. The number of carbonyl (C=O) groups is 1. The number of hydrogen-bond donors (Lipinski definition) is 1. The van der Waals surface area contributed by atoms with Gasteiger partial charge in [0, 0.05) is 55.2 Å². The second-order valence-electron chi connectivity index (χ2n) is 7.34. The van der Waals surface area contributed by atoms with Gasteiger partial charge in [-0.3, -0.25) is 14.8 Å². The molecular weight excluding hydrogens is 400 g/mol. The molecule has 30 heavy (non-hydrogen) atoms. The zero-order valence-corrected chi connectivity index (χ0v) is 17.3. The van der Waals surface area contributed by atoms with Crippen LogP contribution in [0.3, 0.4) is 0 Å². The van der Waals surface area contributed by atoms with Crippen molar-refractivity contribution in [1.82, 2.24) is 15.0 Å². The molecule has 0 amide bonds. The zero-order valence-electron chi connectivity index (χ0n) is 16.6. The third kappa shape index (κ3) is 5.20. The number of anilines is 1. The number of halogens is 1. The first-order chi connectivity index (χ1) is 14.7. The van der Waals surface area contributed by atoms with Crippen LogP contribution in [0, 0.1) is 5.92 Å². The highest BCUT2D eigenvalue weighted by atomic mass is 35.5. The third-order valence-electron chi connectivity index (χ3n) is 5.17. The van der Waals surface area contributed by atoms with E-state index in [1.807, 2.05) is 24.3 Å². The Morgan fingerprint density at radius 1 is 1.17 bits per heavy atom. The van der Waals surface area contributed by atoms with Gasteiger partial charge in [-0.2, -0.15) is 0 Å². The van der Waals surface area contributed by atoms with E-state index in [9.17, 15) is 4.79 Å². The van der Waals surface area contributed by atoms with Crippen molar-refractivity contribution >= 4 is 23.2 Å². The lowest BCUT2D eigenvalue weighted by molar-refractivity contribution is 0.0699. The molecule has 1 N–H and O–H groups in total. The van der Waals surface area contributed by atoms with E-state index in [0.29, 0.717) is 22.2 Å². The van der Waals surface area contributed by atoms with Crippen molar-refractivity contribution < 1.29 is 9.53 Å². The molecule has 0 aromatic carbocycles. The van der Waals surface area contributed by atoms with Crippen molar-refractivity contribution in [2.45, 2.75) is 19.3 Å². The smallest absolute Gasteiger partial charge is 0.170 e. The van der Waals surface area contributed by atoms with Crippen molar-refractivity contribution in [1.29, 1.82) is 0 Å². The zero-order chi connectivity index (χ0) is 20.8. The maximum Gasteiger partial charge on any atom is 0.170 e. The van der Waals surface area contributed by atoms with Gasteiger partial charge < -0.3 is 10.1 Å². The number of aromatic nitrogens is 3. The average molecular weight is 423 g/mol. The van der Waals surface area contributed by atoms with Crippen LogP contribution < -0.4 is 5.32 Å². The Morgan fingerprint density at radius 3 is 2.83 bits per heavy atom. The van der Waals surface area contributed by atoms with Gasteiger partial charge in [-0.25, -0.2) is 4.98 Å². The van der Waals surface area contributed by atoms with Crippen LogP contribution >= 0.6 is 11.6 Å². The van der Waals surface area contributed by atoms with Gasteiger partial charge in [0.1, 0.15) is 5.82 Å². The summed E-state index contributed by atoms with van der Waals surface area (Å²) in [6, 6.07) is 11.1. The van der Waals surface area contributed by atoms with Gasteiger partial charge in [0.15, 0.2) is 5.78 Å². The van der Waals surface area contributed by atoms with E-state index in [4.69, 9.17) is 21.3 Å². The number of rotatable bonds is 7. The third-order valence-corrected chi connectivity index (χ3v) is 5.48. The number of ether oxygens (including phenoxy) is 1. The molecule has 3 aromatic rings. The fraction of sp³-hybridized carbons (Fsp3) is 0.304. The Balaban J connectivity index is 1.49. The van der Waals surface area contributed by atoms with E-state index in [-0.39, 0.29) is 12.2 Å². The summed E-state index contributed by atoms with van der Waals surface area (Å²) in [6.45, 7) is 2.52. The van der Waals surface area contributed by atoms with Gasteiger partial charge >= 0.3 is 0 Å². The molecule has 0 spiro atoms. The van der Waals surface area contributed by atoms with Crippen LogP contribution in [0.15, 0.2) is 55.0 Å². The Labute approximate surface area is 180 Å². The molecule has 0 aliphatic carbocycles. The lowest BCUT2D eigenvalue weighted by Gasteiger charge is -2.22. The monoisotopic (exact) mass is 422 g/mol. The molecule has 7 heteroatoms. The molecule has 154 valence electrons. The van der Waals surface area contributed by atoms with Crippen LogP contribution in [-0.4, -0.2) is 40.5 Å². The maximum atomic E-state index is 12.5. The van der Waals surface area contributed by atoms with Gasteiger partial charge in [-0.05, 0) is 49.1 Å². The highest BCUT2D eigenvalue weighted by Crippen LogP contribution is 2.28. The first-order valence-electron chi connectivity index (χ1n) is 10.1. The van der Waals surface area contributed by atoms with Crippen molar-refractivity contribution in [3.63, 3.8) is 0 Å². The van der Waals surface area contributed by atoms with Crippen LogP contribution in [0.4, 0.5) is 5.82 Å². The lowest BCUT2D eigenvalue weighted by atomic mass is 10.0. The minimum Gasteiger partial charge on any atom is -0.381 e. The second-order valence-corrected chi connectivity index (χ2v) is 7.75. The number of Topliss-reactive ketones (excluding diaryl/α,β-unsaturated/α-hetero) is 1. The molecule has 0 saturated carbocycles. The summed E-state index contributed by atoms with van der Waals surface area (Å²) in [4.78, 5) is 25.5. The number of ketones is 1. The van der Waals surface area contributed by atoms with Gasteiger partial charge in [0.2, 0.25) is 0 Å². The topological polar surface area (TPSA) is 77.0 Å². The van der Waals surface area contributed by atoms with E-state index < -0.39 is 0 Å². The summed E-state index contributed by atoms with van der Waals surface area (Å²) in [6.07, 6.45) is 7.09. The first kappa shape index (κ1) is 20.4. The predicted molar refractivity (Wildman–Crippen MR) is 117 cm³/mol. The molecule has 1 fully saturated rings. The molecular formula is C23H23ClN4O2. The van der Waals surface area contributed by atoms with Crippen molar-refractivity contribution in [3.8, 4) is 11.3 Å². The van der Waals surface area contributed by atoms with Gasteiger partial charge in [0.05, 0.1) is 17.1 Å². The molecule has 4 rings (SSSR count). The highest BCUT2D eigenvalue weighted by molar-refractivity contribution is 6.33. The van der Waals surface area contributed by atoms with Crippen LogP contribution in [0.2, 0.25) is 5.02 Å². The molecule has 0 unspecified atom stereocenters. The van der Waals surface area contributed by atoms with Crippen molar-refractivity contribution in [2.24, 2.45) is 5.92 Å². The molecule has 6 nitrogen and oxygen atoms in total. The average Bonchev–Trinajstić information content (AvgIpc) is 2.80. The van der Waals surface area contributed by atoms with E-state index in [2.05, 4.69) is 15.3 Å². The highest BCUT2D eigenvalue weighted by Gasteiger charge is 2.15. The van der Waals surface area contributed by atoms with Crippen molar-refractivity contribution in [3.05, 3.63) is 71.3 Å². The molecule has 1 aliphatic heterocycles. The SMILES string of the molecule is O=C(Cc1cc(-c2cccc(NCC3CCOCC3)n2)c(Cl)cn1)c1cccnc1. The quantitative estimate of drug-likeness (QED) is 0.566. The predicted octanol–water partition coefficient (Wildman–Crippen LogP) is 4.46. The molecule has 1 saturated heterocycles. The molecule has 4 heterocycles. The fourth-order valence-electron chi connectivity index (χ4n) is 3.45. The van der Waals surface area contributed by atoms with E-state index >= 15 is 0 Å². The van der Waals surface area contributed by atoms with Crippen LogP contribution in [0.5, 0.6) is 0 Å². The summed E-state index contributed by atoms with van der Waals surface area (Å²) in [5.41, 5.74) is 2.71. The second kappa shape index (κ2) is 9.78. The largest absolute Gasteiger partial charge is 0.381 e. The number of nitrogens with zero attached hydrogens (tertiary/aromatic N) is 3. The van der Waals surface area contributed by atoms with Gasteiger partial charge in [-0.15, -0.1) is 0 Å². The Hall–Kier alpha value is -2.83. The van der Waals surface area contributed by atoms with Gasteiger partial charge in [-0.1, -0.05) is 17.7 Å². The number of nitrogens with one attached hydrogen (secondary N) is 1.